The number of nitrogens with zero attached hydrogens (tertiary/aromatic N) is 1. The van der Waals surface area contributed by atoms with E-state index in [-0.39, 0.29) is 0 Å². The third kappa shape index (κ3) is 0.898. The molecule has 2 heterocycles. The number of hydrogen-bond acceptors (Lipinski definition) is 2. The molecule has 0 aromatic heterocycles. The summed E-state index contributed by atoms with van der Waals surface area (Å²) in [4.78, 5) is 3.36. The van der Waals surface area contributed by atoms with Crippen molar-refractivity contribution in [3.8, 4) is 0 Å². The summed E-state index contributed by atoms with van der Waals surface area (Å²) in [5.41, 5.74) is 7.20. The van der Waals surface area contributed by atoms with Gasteiger partial charge in [-0.05, 0) is 5.57 Å². The van der Waals surface area contributed by atoms with Crippen molar-refractivity contribution in [3.05, 3.63) is 22.5 Å². The number of halogens is 2. The minimum Gasteiger partial charge on any atom is -0.398 e. The van der Waals surface area contributed by atoms with Crippen LogP contribution < -0.4 is 5.73 Å². The molecule has 11 heavy (non-hydrogen) atoms. The lowest BCUT2D eigenvalue weighted by Gasteiger charge is -2.31. The molecule has 2 bridgehead atoms. The van der Waals surface area contributed by atoms with Crippen molar-refractivity contribution in [2.75, 3.05) is 0 Å². The van der Waals surface area contributed by atoms with E-state index in [0.717, 1.165) is 12.0 Å². The monoisotopic (exact) mass is 188 g/mol. The summed E-state index contributed by atoms with van der Waals surface area (Å²) < 4.78 is 0. The Hall–Kier alpha value is -0.470. The van der Waals surface area contributed by atoms with Crippen LogP contribution in [0.25, 0.3) is 0 Å². The van der Waals surface area contributed by atoms with Crippen molar-refractivity contribution in [2.45, 2.75) is 11.3 Å². The minimum absolute atomic E-state index is 0.309. The molecule has 0 aromatic rings. The van der Waals surface area contributed by atoms with Crippen LogP contribution in [0.1, 0.15) is 6.42 Å². The summed E-state index contributed by atoms with van der Waals surface area (Å²) in [7, 11) is 0. The van der Waals surface area contributed by atoms with Crippen molar-refractivity contribution in [1.82, 2.24) is 0 Å². The summed E-state index contributed by atoms with van der Waals surface area (Å²) in [6.45, 7) is 0. The quantitative estimate of drug-likeness (QED) is 0.457. The van der Waals surface area contributed by atoms with Gasteiger partial charge < -0.3 is 5.73 Å². The van der Waals surface area contributed by atoms with Crippen LogP contribution in [-0.2, 0) is 0 Å². The van der Waals surface area contributed by atoms with E-state index in [4.69, 9.17) is 28.9 Å². The molecule has 58 valence electrons. The van der Waals surface area contributed by atoms with Gasteiger partial charge in [-0.2, -0.15) is 0 Å². The molecule has 2 nitrogen and oxygen atoms in total. The maximum absolute atomic E-state index is 6.06. The molecule has 0 radical (unpaired) electrons. The van der Waals surface area contributed by atoms with Crippen molar-refractivity contribution in [1.29, 1.82) is 0 Å². The largest absolute Gasteiger partial charge is 0.398 e. The number of aliphatic imine (C=N–C) groups is 1. The van der Waals surface area contributed by atoms with E-state index in [1.165, 1.54) is 0 Å². The van der Waals surface area contributed by atoms with Gasteiger partial charge >= 0.3 is 0 Å². The molecule has 3 aliphatic rings. The van der Waals surface area contributed by atoms with Crippen molar-refractivity contribution in [3.63, 3.8) is 0 Å². The highest BCUT2D eigenvalue weighted by Crippen LogP contribution is 2.43. The fourth-order valence-electron chi connectivity index (χ4n) is 1.20. The zero-order valence-electron chi connectivity index (χ0n) is 5.64. The van der Waals surface area contributed by atoms with Crippen LogP contribution in [0.3, 0.4) is 0 Å². The maximum atomic E-state index is 6.06. The first-order valence-electron chi connectivity index (χ1n) is 3.22. The Morgan fingerprint density at radius 3 is 2.91 bits per heavy atom. The van der Waals surface area contributed by atoms with Gasteiger partial charge in [-0.25, -0.2) is 4.99 Å². The molecule has 2 N–H and O–H groups in total. The molecule has 1 atom stereocenters. The highest BCUT2D eigenvalue weighted by molar-refractivity contribution is 6.34. The van der Waals surface area contributed by atoms with E-state index in [0.29, 0.717) is 10.9 Å². The van der Waals surface area contributed by atoms with Crippen molar-refractivity contribution in [2.24, 2.45) is 10.7 Å². The number of fused-ring (bicyclic) bond motifs is 1. The molecule has 3 rings (SSSR count). The maximum Gasteiger partial charge on any atom is 0.149 e. The Kier molecular flexibility index (Phi) is 1.32. The van der Waals surface area contributed by atoms with Crippen LogP contribution in [0.4, 0.5) is 0 Å². The lowest BCUT2D eigenvalue weighted by molar-refractivity contribution is 0.728. The Balaban J connectivity index is 2.53. The Morgan fingerprint density at radius 1 is 1.64 bits per heavy atom. The predicted molar refractivity (Wildman–Crippen MR) is 46.8 cm³/mol. The van der Waals surface area contributed by atoms with Gasteiger partial charge in [0.15, 0.2) is 0 Å². The Morgan fingerprint density at radius 2 is 2.27 bits per heavy atom. The minimum atomic E-state index is -0.553. The van der Waals surface area contributed by atoms with E-state index in [2.05, 4.69) is 4.99 Å². The van der Waals surface area contributed by atoms with E-state index in [9.17, 15) is 0 Å². The van der Waals surface area contributed by atoms with Crippen LogP contribution in [0.15, 0.2) is 27.5 Å². The van der Waals surface area contributed by atoms with Gasteiger partial charge in [0, 0.05) is 12.6 Å². The molecular formula is C7H6Cl2N2. The second-order valence-corrected chi connectivity index (χ2v) is 3.75. The molecule has 1 aliphatic carbocycles. The summed E-state index contributed by atoms with van der Waals surface area (Å²) in [6.07, 6.45) is 4.31. The molecule has 0 saturated heterocycles. The van der Waals surface area contributed by atoms with Crippen molar-refractivity contribution >= 4 is 29.4 Å². The van der Waals surface area contributed by atoms with Gasteiger partial charge in [-0.15, -0.1) is 11.6 Å². The standard InChI is InChI=1S/C7H6Cl2N2/c8-6-5(10)7(9)1-4(2-7)3-11-6/h1,3H,2,10H2. The van der Waals surface area contributed by atoms with Gasteiger partial charge in [0.2, 0.25) is 0 Å². The molecule has 0 fully saturated rings. The predicted octanol–water partition coefficient (Wildman–Crippen LogP) is 1.75. The van der Waals surface area contributed by atoms with Crippen LogP contribution in [0, 0.1) is 0 Å². The first kappa shape index (κ1) is 7.19. The highest BCUT2D eigenvalue weighted by Gasteiger charge is 2.39. The molecule has 2 aliphatic heterocycles. The fraction of sp³-hybridized carbons (Fsp3) is 0.286. The molecule has 4 heteroatoms. The van der Waals surface area contributed by atoms with Crippen LogP contribution in [-0.4, -0.2) is 11.1 Å². The summed E-state index contributed by atoms with van der Waals surface area (Å²) >= 11 is 11.8. The van der Waals surface area contributed by atoms with E-state index in [1.807, 2.05) is 6.08 Å². The summed E-state index contributed by atoms with van der Waals surface area (Å²) in [6, 6.07) is 0. The lowest BCUT2D eigenvalue weighted by atomic mass is 9.85. The Labute approximate surface area is 74.4 Å². The molecule has 0 saturated carbocycles. The van der Waals surface area contributed by atoms with E-state index in [1.54, 1.807) is 6.21 Å². The first-order chi connectivity index (χ1) is 5.12. The average Bonchev–Trinajstić information content (AvgIpc) is 2.04. The third-order valence-electron chi connectivity index (χ3n) is 1.89. The highest BCUT2D eigenvalue weighted by atomic mass is 35.5. The number of rotatable bonds is 0. The molecule has 0 spiro atoms. The van der Waals surface area contributed by atoms with Gasteiger partial charge in [0.25, 0.3) is 0 Å². The van der Waals surface area contributed by atoms with Gasteiger partial charge in [0.1, 0.15) is 10.0 Å². The Bertz CT molecular complexity index is 304. The summed E-state index contributed by atoms with van der Waals surface area (Å²) in [5.74, 6) is 0. The van der Waals surface area contributed by atoms with Crippen LogP contribution >= 0.6 is 23.2 Å². The SMILES string of the molecule is NC1=C(Cl)N=CC2=CC1(Cl)C2. The zero-order chi connectivity index (χ0) is 8.06. The average molecular weight is 189 g/mol. The van der Waals surface area contributed by atoms with Crippen molar-refractivity contribution < 1.29 is 0 Å². The van der Waals surface area contributed by atoms with E-state index < -0.39 is 4.87 Å². The summed E-state index contributed by atoms with van der Waals surface area (Å²) in [5, 5.41) is 0.309. The number of alkyl halides is 1. The zero-order valence-corrected chi connectivity index (χ0v) is 7.15. The van der Waals surface area contributed by atoms with Crippen LogP contribution in [0.2, 0.25) is 0 Å². The molecule has 0 aromatic carbocycles. The first-order valence-corrected chi connectivity index (χ1v) is 3.98. The lowest BCUT2D eigenvalue weighted by Crippen LogP contribution is -2.34. The van der Waals surface area contributed by atoms with Crippen LogP contribution in [0.5, 0.6) is 0 Å². The molecule has 0 amide bonds. The molecular weight excluding hydrogens is 183 g/mol. The van der Waals surface area contributed by atoms with Gasteiger partial charge in [-0.3, -0.25) is 0 Å². The fourth-order valence-corrected chi connectivity index (χ4v) is 1.85. The third-order valence-corrected chi connectivity index (χ3v) is 2.64. The number of nitrogens with two attached hydrogens (primary N) is 1. The van der Waals surface area contributed by atoms with Gasteiger partial charge in [-0.1, -0.05) is 17.7 Å². The van der Waals surface area contributed by atoms with Gasteiger partial charge in [0.05, 0.1) is 5.70 Å². The number of hydrogen-bond donors (Lipinski definition) is 1. The second-order valence-electron chi connectivity index (χ2n) is 2.72. The smallest absolute Gasteiger partial charge is 0.149 e. The molecule has 1 unspecified atom stereocenters. The second kappa shape index (κ2) is 2.02. The normalized spacial score (nSPS) is 34.5. The topological polar surface area (TPSA) is 38.4 Å². The number of allylic oxidation sites excluding steroid dienone is 2. The van der Waals surface area contributed by atoms with E-state index >= 15 is 0 Å².